The average Bonchev–Trinajstić information content (AvgIpc) is 4.01. The van der Waals surface area contributed by atoms with E-state index in [9.17, 15) is 27.6 Å². The number of methoxy groups -OCH3 is 2. The monoisotopic (exact) mass is 724 g/mol. The fourth-order valence-corrected chi connectivity index (χ4v) is 8.75. The van der Waals surface area contributed by atoms with E-state index in [1.165, 1.54) is 18.1 Å². The van der Waals surface area contributed by atoms with E-state index in [0.717, 1.165) is 34.1 Å². The Kier molecular flexibility index (Phi) is 9.64. The van der Waals surface area contributed by atoms with Crippen molar-refractivity contribution in [3.8, 4) is 5.75 Å². The number of carbonyl (C=O) groups is 4. The van der Waals surface area contributed by atoms with Crippen LogP contribution >= 0.6 is 0 Å². The lowest BCUT2D eigenvalue weighted by molar-refractivity contribution is -0.143. The van der Waals surface area contributed by atoms with Crippen molar-refractivity contribution in [1.82, 2.24) is 20.3 Å². The van der Waals surface area contributed by atoms with Crippen LogP contribution in [0.1, 0.15) is 70.4 Å². The summed E-state index contributed by atoms with van der Waals surface area (Å²) >= 11 is 0. The summed E-state index contributed by atoms with van der Waals surface area (Å²) in [6, 6.07) is 7.65. The van der Waals surface area contributed by atoms with E-state index in [-0.39, 0.29) is 26.0 Å². The third-order valence-electron chi connectivity index (χ3n) is 10.8. The first-order valence-corrected chi connectivity index (χ1v) is 19.0. The molecule has 3 fully saturated rings. The van der Waals surface area contributed by atoms with Crippen LogP contribution < -0.4 is 20.1 Å². The van der Waals surface area contributed by atoms with Crippen LogP contribution in [0.4, 0.5) is 4.79 Å². The van der Waals surface area contributed by atoms with Gasteiger partial charge in [0.15, 0.2) is 0 Å². The van der Waals surface area contributed by atoms with Gasteiger partial charge in [0.2, 0.25) is 21.8 Å². The molecule has 276 valence electrons. The number of cyclic esters (lactones) is 1. The third kappa shape index (κ3) is 7.04. The van der Waals surface area contributed by atoms with Crippen LogP contribution in [0.15, 0.2) is 43.0 Å². The molecule has 5 atom stereocenters. The molecule has 0 radical (unpaired) electrons. The summed E-state index contributed by atoms with van der Waals surface area (Å²) in [4.78, 5) is 57.1. The Balaban J connectivity index is 1.41. The Morgan fingerprint density at radius 3 is 2.45 bits per heavy atom. The van der Waals surface area contributed by atoms with Crippen molar-refractivity contribution in [2.24, 2.45) is 11.3 Å². The number of rotatable bonds is 8. The van der Waals surface area contributed by atoms with E-state index < -0.39 is 73.6 Å². The average molecular weight is 725 g/mol. The standard InChI is InChI=1S/C37H48N4O9S/c1-7-25-19-37(25,33(44)40-51(46,47)27-13-14-27)39-31(42)28-20-36(49-6)21-41(28)32(43)30(35(2,3)4)38-34(45)50-15-9-8-10-23-16-24-17-26(36)12-11-22(24)18-29(23)48-5/h7,11-12,16-18,25,27-28,30H,1,8-10,13-15,19-21H2,2-6H3,(H,38,45)(H,39,42)(H,40,44)/t25-,28+,30-,36+,37-/m1/s1. The van der Waals surface area contributed by atoms with Crippen molar-refractivity contribution in [2.75, 3.05) is 27.4 Å². The second-order valence-corrected chi connectivity index (χ2v) is 17.3. The fraction of sp³-hybridized carbons (Fsp3) is 0.568. The van der Waals surface area contributed by atoms with Gasteiger partial charge in [0.25, 0.3) is 5.91 Å². The van der Waals surface area contributed by atoms with Crippen LogP contribution in [0.3, 0.4) is 0 Å². The molecule has 1 saturated heterocycles. The topological polar surface area (TPSA) is 169 Å². The van der Waals surface area contributed by atoms with Crippen molar-refractivity contribution < 1.29 is 41.8 Å². The molecule has 4 aliphatic rings. The molecule has 3 N–H and O–H groups in total. The molecule has 0 unspecified atom stereocenters. The molecular weight excluding hydrogens is 676 g/mol. The zero-order valence-corrected chi connectivity index (χ0v) is 30.7. The first-order valence-electron chi connectivity index (χ1n) is 17.5. The smallest absolute Gasteiger partial charge is 0.407 e. The van der Waals surface area contributed by atoms with Crippen molar-refractivity contribution in [2.45, 2.75) is 94.2 Å². The van der Waals surface area contributed by atoms with Gasteiger partial charge in [0.1, 0.15) is 29.0 Å². The van der Waals surface area contributed by atoms with Crippen LogP contribution in [-0.2, 0) is 45.9 Å². The highest BCUT2D eigenvalue weighted by Crippen LogP contribution is 2.47. The van der Waals surface area contributed by atoms with Crippen molar-refractivity contribution in [3.05, 3.63) is 54.1 Å². The molecule has 14 heteroatoms. The van der Waals surface area contributed by atoms with Crippen LogP contribution in [0.2, 0.25) is 0 Å². The maximum Gasteiger partial charge on any atom is 0.407 e. The molecule has 0 spiro atoms. The van der Waals surface area contributed by atoms with Gasteiger partial charge in [-0.1, -0.05) is 39.0 Å². The summed E-state index contributed by atoms with van der Waals surface area (Å²) in [6.45, 7) is 9.30. The first-order chi connectivity index (χ1) is 24.1. The minimum absolute atomic E-state index is 0.0216. The van der Waals surface area contributed by atoms with Crippen LogP contribution in [0, 0.1) is 11.3 Å². The summed E-state index contributed by atoms with van der Waals surface area (Å²) in [5.74, 6) is -1.78. The molecule has 2 aliphatic heterocycles. The third-order valence-corrected chi connectivity index (χ3v) is 12.6. The zero-order valence-electron chi connectivity index (χ0n) is 29.9. The van der Waals surface area contributed by atoms with Gasteiger partial charge < -0.3 is 29.7 Å². The fourth-order valence-electron chi connectivity index (χ4n) is 7.38. The highest BCUT2D eigenvalue weighted by Gasteiger charge is 2.62. The number of carbonyl (C=O) groups excluding carboxylic acids is 4. The number of hydrogen-bond acceptors (Lipinski definition) is 9. The summed E-state index contributed by atoms with van der Waals surface area (Å²) in [5, 5.41) is 6.81. The first kappa shape index (κ1) is 36.6. The summed E-state index contributed by atoms with van der Waals surface area (Å²) in [7, 11) is -0.743. The van der Waals surface area contributed by atoms with E-state index in [1.54, 1.807) is 27.9 Å². The largest absolute Gasteiger partial charge is 0.496 e. The Bertz CT molecular complexity index is 1870. The second kappa shape index (κ2) is 13.4. The predicted octanol–water partition coefficient (Wildman–Crippen LogP) is 3.44. The number of nitrogens with zero attached hydrogens (tertiary/aromatic N) is 1. The van der Waals surface area contributed by atoms with E-state index in [1.807, 2.05) is 24.3 Å². The number of nitrogens with one attached hydrogen (secondary N) is 3. The van der Waals surface area contributed by atoms with Gasteiger partial charge in [0, 0.05) is 19.4 Å². The molecule has 51 heavy (non-hydrogen) atoms. The van der Waals surface area contributed by atoms with Crippen molar-refractivity contribution in [1.29, 1.82) is 0 Å². The Labute approximate surface area is 298 Å². The lowest BCUT2D eigenvalue weighted by Crippen LogP contribution is -2.60. The zero-order chi connectivity index (χ0) is 36.9. The van der Waals surface area contributed by atoms with Gasteiger partial charge in [-0.25, -0.2) is 13.2 Å². The van der Waals surface area contributed by atoms with Gasteiger partial charge >= 0.3 is 6.09 Å². The molecule has 0 aromatic heterocycles. The number of aryl methyl sites for hydroxylation is 1. The maximum absolute atomic E-state index is 14.6. The normalized spacial score (nSPS) is 28.5. The molecule has 2 saturated carbocycles. The number of alkyl carbamates (subject to hydrolysis) is 1. The van der Waals surface area contributed by atoms with Gasteiger partial charge in [0.05, 0.1) is 25.5 Å². The van der Waals surface area contributed by atoms with Crippen molar-refractivity contribution >= 4 is 44.6 Å². The van der Waals surface area contributed by atoms with E-state index >= 15 is 0 Å². The molecule has 4 amide bonds. The van der Waals surface area contributed by atoms with E-state index in [0.29, 0.717) is 25.7 Å². The van der Waals surface area contributed by atoms with Gasteiger partial charge in [-0.2, -0.15) is 0 Å². The minimum Gasteiger partial charge on any atom is -0.496 e. The molecule has 2 aromatic carbocycles. The highest BCUT2D eigenvalue weighted by atomic mass is 32.2. The number of benzene rings is 2. The predicted molar refractivity (Wildman–Crippen MR) is 189 cm³/mol. The van der Waals surface area contributed by atoms with Gasteiger partial charge in [-0.15, -0.1) is 6.58 Å². The molecule has 13 nitrogen and oxygen atoms in total. The highest BCUT2D eigenvalue weighted by molar-refractivity contribution is 7.91. The van der Waals surface area contributed by atoms with Crippen LogP contribution in [0.5, 0.6) is 5.75 Å². The Morgan fingerprint density at radius 1 is 1.08 bits per heavy atom. The summed E-state index contributed by atoms with van der Waals surface area (Å²) in [5.41, 5.74) is -1.77. The van der Waals surface area contributed by atoms with Gasteiger partial charge in [-0.05, 0) is 84.0 Å². The van der Waals surface area contributed by atoms with Crippen molar-refractivity contribution in [3.63, 3.8) is 0 Å². The molecule has 2 heterocycles. The quantitative estimate of drug-likeness (QED) is 0.346. The number of fused-ring (bicyclic) bond motifs is 5. The number of sulfonamides is 1. The number of hydrogen-bond donors (Lipinski definition) is 3. The van der Waals surface area contributed by atoms with Crippen LogP contribution in [0.25, 0.3) is 10.8 Å². The van der Waals surface area contributed by atoms with E-state index in [4.69, 9.17) is 14.2 Å². The SMILES string of the molecule is C=C[C@@H]1C[C@]1(NC(=O)[C@@H]1C[C@]2(OC)CN1C(=O)[C@H](C(C)(C)C)NC(=O)OCCCCc1cc3cc2ccc3cc1OC)C(=O)NS(=O)(=O)C1CC1. The minimum atomic E-state index is -3.90. The lowest BCUT2D eigenvalue weighted by atomic mass is 9.85. The molecule has 6 rings (SSSR count). The molecule has 2 aliphatic carbocycles. The van der Waals surface area contributed by atoms with Crippen LogP contribution in [-0.4, -0.2) is 87.4 Å². The molecule has 5 bridgehead atoms. The lowest BCUT2D eigenvalue weighted by Gasteiger charge is -2.35. The summed E-state index contributed by atoms with van der Waals surface area (Å²) in [6.07, 6.45) is 3.87. The summed E-state index contributed by atoms with van der Waals surface area (Å²) < 4.78 is 45.1. The number of ether oxygens (including phenoxy) is 3. The van der Waals surface area contributed by atoms with E-state index in [2.05, 4.69) is 28.0 Å². The maximum atomic E-state index is 14.6. The molecule has 2 aromatic rings. The Morgan fingerprint density at radius 2 is 1.82 bits per heavy atom. The van der Waals surface area contributed by atoms with Gasteiger partial charge in [-0.3, -0.25) is 19.1 Å². The Hall–Kier alpha value is -4.17. The second-order valence-electron chi connectivity index (χ2n) is 15.3. The number of amides is 4. The molecular formula is C37H48N4O9S.